The van der Waals surface area contributed by atoms with E-state index in [1.54, 1.807) is 0 Å². The molecule has 0 aromatic heterocycles. The number of carbonyl (C=O) groups excluding carboxylic acids is 4. The van der Waals surface area contributed by atoms with Crippen LogP contribution in [0.5, 0.6) is 0 Å². The van der Waals surface area contributed by atoms with Crippen LogP contribution >= 0.6 is 15.6 Å². The minimum atomic E-state index is -4.97. The summed E-state index contributed by atoms with van der Waals surface area (Å²) in [7, 11) is -9.93. The summed E-state index contributed by atoms with van der Waals surface area (Å²) >= 11 is 0. The van der Waals surface area contributed by atoms with Crippen molar-refractivity contribution in [3.63, 3.8) is 0 Å². The van der Waals surface area contributed by atoms with Crippen molar-refractivity contribution >= 4 is 39.5 Å². The Bertz CT molecular complexity index is 2030. The van der Waals surface area contributed by atoms with Crippen molar-refractivity contribution in [3.05, 3.63) is 0 Å². The van der Waals surface area contributed by atoms with Crippen molar-refractivity contribution in [1.82, 2.24) is 0 Å². The second-order valence-corrected chi connectivity index (χ2v) is 34.8. The maximum absolute atomic E-state index is 13.2. The van der Waals surface area contributed by atoms with E-state index >= 15 is 0 Å². The van der Waals surface area contributed by atoms with E-state index in [0.717, 1.165) is 95.8 Å². The molecule has 3 unspecified atom stereocenters. The summed E-state index contributed by atoms with van der Waals surface area (Å²) in [5.41, 5.74) is 0. The van der Waals surface area contributed by atoms with Crippen LogP contribution in [0.2, 0.25) is 0 Å². The highest BCUT2D eigenvalue weighted by atomic mass is 31.2. The monoisotopic (exact) mass is 1560 g/mol. The first-order chi connectivity index (χ1) is 52.1. The maximum atomic E-state index is 13.2. The molecule has 0 spiro atoms. The average Bonchev–Trinajstić information content (AvgIpc) is 0.901. The fourth-order valence-electron chi connectivity index (χ4n) is 13.8. The lowest BCUT2D eigenvalue weighted by Crippen LogP contribution is -2.30. The highest BCUT2D eigenvalue weighted by Crippen LogP contribution is 2.45. The molecule has 0 aliphatic heterocycles. The first kappa shape index (κ1) is 105. The van der Waals surface area contributed by atoms with Crippen molar-refractivity contribution in [2.24, 2.45) is 5.92 Å². The van der Waals surface area contributed by atoms with Crippen LogP contribution in [0.4, 0.5) is 0 Å². The molecule has 0 aliphatic rings. The van der Waals surface area contributed by atoms with E-state index in [-0.39, 0.29) is 25.7 Å². The number of unbranched alkanes of at least 4 members (excludes halogenated alkanes) is 59. The van der Waals surface area contributed by atoms with E-state index in [9.17, 15) is 43.2 Å². The quantitative estimate of drug-likeness (QED) is 0.0222. The number of ether oxygens (including phenoxy) is 4. The molecule has 107 heavy (non-hydrogen) atoms. The van der Waals surface area contributed by atoms with Crippen LogP contribution in [-0.4, -0.2) is 96.7 Å². The molecule has 19 heteroatoms. The second-order valence-electron chi connectivity index (χ2n) is 31.9. The summed E-state index contributed by atoms with van der Waals surface area (Å²) in [5.74, 6) is -1.25. The molecule has 0 bridgehead atoms. The number of hydrogen-bond acceptors (Lipinski definition) is 15. The fraction of sp³-hybridized carbons (Fsp3) is 0.955. The lowest BCUT2D eigenvalue weighted by molar-refractivity contribution is -0.161. The van der Waals surface area contributed by atoms with Crippen LogP contribution in [0, 0.1) is 5.92 Å². The molecule has 0 aromatic rings. The van der Waals surface area contributed by atoms with Gasteiger partial charge in [0.05, 0.1) is 26.4 Å². The van der Waals surface area contributed by atoms with E-state index in [1.165, 1.54) is 302 Å². The van der Waals surface area contributed by atoms with Crippen LogP contribution in [0.3, 0.4) is 0 Å². The number of esters is 4. The molecular formula is C88H172O17P2. The van der Waals surface area contributed by atoms with Gasteiger partial charge in [0.25, 0.3) is 0 Å². The summed E-state index contributed by atoms with van der Waals surface area (Å²) in [6.45, 7) is 7.43. The lowest BCUT2D eigenvalue weighted by atomic mass is 9.99. The van der Waals surface area contributed by atoms with E-state index in [4.69, 9.17) is 37.0 Å². The molecule has 0 heterocycles. The Morgan fingerprint density at radius 3 is 0.664 bits per heavy atom. The molecule has 0 radical (unpaired) electrons. The number of rotatable bonds is 88. The molecule has 0 fully saturated rings. The Morgan fingerprint density at radius 2 is 0.449 bits per heavy atom. The van der Waals surface area contributed by atoms with E-state index in [2.05, 4.69) is 34.6 Å². The van der Waals surface area contributed by atoms with Crippen LogP contribution < -0.4 is 0 Å². The highest BCUT2D eigenvalue weighted by molar-refractivity contribution is 7.47. The largest absolute Gasteiger partial charge is 0.472 e. The van der Waals surface area contributed by atoms with Crippen LogP contribution in [0.25, 0.3) is 0 Å². The molecule has 0 rings (SSSR count). The first-order valence-corrected chi connectivity index (χ1v) is 48.7. The number of phosphoric ester groups is 2. The van der Waals surface area contributed by atoms with Gasteiger partial charge in [-0.1, -0.05) is 426 Å². The number of hydrogen-bond donors (Lipinski definition) is 3. The summed E-state index contributed by atoms with van der Waals surface area (Å²) in [6, 6.07) is 0. The molecule has 6 atom stereocenters. The SMILES string of the molecule is CCCCCCCCCCCCCCCCCCCCCCCCC(=O)O[C@H](COC(=O)CCCCCCCCCCCCCCCCC(C)CC)COP(=O)(O)OC[C@@H](O)COP(=O)(O)OC[C@@H](COC(=O)CCCCCCCCCCCCC)OC(=O)CCCCCCCCCCCCCCCCCC. The maximum Gasteiger partial charge on any atom is 0.472 e. The summed E-state index contributed by atoms with van der Waals surface area (Å²) in [4.78, 5) is 73.3. The molecule has 3 N–H and O–H groups in total. The van der Waals surface area contributed by atoms with Gasteiger partial charge < -0.3 is 33.8 Å². The molecule has 0 aliphatic carbocycles. The standard InChI is InChI=1S/C88H172O17P2/c1-6-10-13-16-19-22-25-27-29-31-32-33-34-35-36-38-44-49-54-59-64-69-74-88(93)105-84(78-99-86(91)72-67-62-57-52-47-42-40-39-41-46-50-55-60-65-70-81(5)9-4)80-103-107(96,97)101-76-82(89)75-100-106(94,95)102-79-83(77-98-85(90)71-66-61-56-51-45-24-21-18-15-12-8-3)104-87(92)73-68-63-58-53-48-43-37-30-28-26-23-20-17-14-11-7-2/h81-84,89H,6-80H2,1-5H3,(H,94,95)(H,96,97)/t81?,82-,83+,84+/m0/s1. The van der Waals surface area contributed by atoms with Gasteiger partial charge in [0.1, 0.15) is 19.3 Å². The summed E-state index contributed by atoms with van der Waals surface area (Å²) in [6.07, 6.45) is 74.9. The zero-order chi connectivity index (χ0) is 78.3. The van der Waals surface area contributed by atoms with Crippen molar-refractivity contribution in [3.8, 4) is 0 Å². The van der Waals surface area contributed by atoms with E-state index in [0.29, 0.717) is 25.7 Å². The minimum Gasteiger partial charge on any atom is -0.462 e. The van der Waals surface area contributed by atoms with Crippen molar-refractivity contribution < 1.29 is 80.2 Å². The van der Waals surface area contributed by atoms with Gasteiger partial charge in [0.15, 0.2) is 12.2 Å². The molecule has 0 saturated heterocycles. The normalized spacial score (nSPS) is 14.0. The Kier molecular flexibility index (Phi) is 79.2. The molecule has 0 amide bonds. The lowest BCUT2D eigenvalue weighted by Gasteiger charge is -2.21. The average molecular weight is 1560 g/mol. The van der Waals surface area contributed by atoms with Crippen molar-refractivity contribution in [2.75, 3.05) is 39.6 Å². The zero-order valence-corrected chi connectivity index (χ0v) is 72.1. The fourth-order valence-corrected chi connectivity index (χ4v) is 15.4. The second kappa shape index (κ2) is 80.7. The number of phosphoric acid groups is 2. The topological polar surface area (TPSA) is 237 Å². The summed E-state index contributed by atoms with van der Waals surface area (Å²) in [5, 5.41) is 10.7. The van der Waals surface area contributed by atoms with Gasteiger partial charge in [-0.15, -0.1) is 0 Å². The smallest absolute Gasteiger partial charge is 0.462 e. The van der Waals surface area contributed by atoms with Crippen LogP contribution in [0.15, 0.2) is 0 Å². The van der Waals surface area contributed by atoms with Gasteiger partial charge >= 0.3 is 39.5 Å². The van der Waals surface area contributed by atoms with Gasteiger partial charge in [0, 0.05) is 25.7 Å². The van der Waals surface area contributed by atoms with Gasteiger partial charge in [-0.3, -0.25) is 37.3 Å². The van der Waals surface area contributed by atoms with Crippen molar-refractivity contribution in [2.45, 2.75) is 496 Å². The van der Waals surface area contributed by atoms with Gasteiger partial charge in [-0.25, -0.2) is 9.13 Å². The number of aliphatic hydroxyl groups is 1. The van der Waals surface area contributed by atoms with Gasteiger partial charge in [-0.2, -0.15) is 0 Å². The highest BCUT2D eigenvalue weighted by Gasteiger charge is 2.30. The van der Waals surface area contributed by atoms with E-state index < -0.39 is 97.5 Å². The van der Waals surface area contributed by atoms with Gasteiger partial charge in [-0.05, 0) is 31.6 Å². The minimum absolute atomic E-state index is 0.109. The van der Waals surface area contributed by atoms with Gasteiger partial charge in [0.2, 0.25) is 0 Å². The predicted molar refractivity (Wildman–Crippen MR) is 442 cm³/mol. The van der Waals surface area contributed by atoms with Crippen molar-refractivity contribution in [1.29, 1.82) is 0 Å². The number of carbonyl (C=O) groups is 4. The summed E-state index contributed by atoms with van der Waals surface area (Å²) < 4.78 is 69.0. The molecule has 0 saturated carbocycles. The molecule has 0 aromatic carbocycles. The first-order valence-electron chi connectivity index (χ1n) is 45.7. The van der Waals surface area contributed by atoms with Crippen LogP contribution in [-0.2, 0) is 65.4 Å². The molecular weight excluding hydrogens is 1390 g/mol. The number of aliphatic hydroxyl groups excluding tert-OH is 1. The zero-order valence-electron chi connectivity index (χ0n) is 70.3. The molecule has 17 nitrogen and oxygen atoms in total. The Morgan fingerprint density at radius 1 is 0.262 bits per heavy atom. The third-order valence-corrected chi connectivity index (χ3v) is 23.0. The molecule has 636 valence electrons. The Balaban J connectivity index is 5.23. The van der Waals surface area contributed by atoms with E-state index in [1.807, 2.05) is 0 Å². The third-order valence-electron chi connectivity index (χ3n) is 21.1. The third kappa shape index (κ3) is 80.5. The predicted octanol–water partition coefficient (Wildman–Crippen LogP) is 27.2. The van der Waals surface area contributed by atoms with Crippen LogP contribution in [0.1, 0.15) is 478 Å². The Labute approximate surface area is 658 Å². The Hall–Kier alpha value is -1.94.